The van der Waals surface area contributed by atoms with Gasteiger partial charge >= 0.3 is 0 Å². The molecule has 6 nitrogen and oxygen atoms in total. The Morgan fingerprint density at radius 1 is 1.15 bits per heavy atom. The number of carbonyl (C=O) groups is 2. The van der Waals surface area contributed by atoms with Crippen LogP contribution in [-0.4, -0.2) is 34.5 Å². The molecule has 0 radical (unpaired) electrons. The lowest BCUT2D eigenvalue weighted by molar-refractivity contribution is -0.122. The average molecular weight is 358 g/mol. The van der Waals surface area contributed by atoms with Crippen LogP contribution in [-0.2, 0) is 22.6 Å². The van der Waals surface area contributed by atoms with Gasteiger partial charge in [-0.2, -0.15) is 0 Å². The van der Waals surface area contributed by atoms with E-state index in [1.807, 2.05) is 35.8 Å². The van der Waals surface area contributed by atoms with Crippen LogP contribution in [0.4, 0.5) is 0 Å². The van der Waals surface area contributed by atoms with Gasteiger partial charge < -0.3 is 15.2 Å². The van der Waals surface area contributed by atoms with E-state index in [0.717, 1.165) is 36.1 Å². The highest BCUT2D eigenvalue weighted by Gasteiger charge is 2.13. The third-order valence-electron chi connectivity index (χ3n) is 4.12. The molecule has 0 saturated heterocycles. The van der Waals surface area contributed by atoms with Crippen molar-refractivity contribution < 1.29 is 9.59 Å². The summed E-state index contributed by atoms with van der Waals surface area (Å²) in [7, 11) is 0. The molecule has 0 unspecified atom stereocenters. The number of carbonyl (C=O) groups excluding carboxylic acids is 2. The first-order chi connectivity index (χ1) is 12.5. The smallest absolute Gasteiger partial charge is 0.240 e. The lowest BCUT2D eigenvalue weighted by atomic mass is 10.2. The number of nitrogens with one attached hydrogen (secondary N) is 2. The molecule has 6 heteroatoms. The van der Waals surface area contributed by atoms with Crippen molar-refractivity contribution in [2.45, 2.75) is 53.0 Å². The summed E-state index contributed by atoms with van der Waals surface area (Å²) in [6.07, 6.45) is 2.94. The molecule has 2 aromatic rings. The minimum Gasteiger partial charge on any atom is -0.356 e. The number of aromatic nitrogens is 2. The molecule has 26 heavy (non-hydrogen) atoms. The van der Waals surface area contributed by atoms with Crippen LogP contribution in [0, 0.1) is 5.92 Å². The summed E-state index contributed by atoms with van der Waals surface area (Å²) >= 11 is 0. The van der Waals surface area contributed by atoms with E-state index in [1.165, 1.54) is 0 Å². The number of hydrogen-bond donors (Lipinski definition) is 2. The minimum absolute atomic E-state index is 0.000600. The molecule has 1 heterocycles. The van der Waals surface area contributed by atoms with Crippen molar-refractivity contribution in [2.24, 2.45) is 5.92 Å². The van der Waals surface area contributed by atoms with Crippen molar-refractivity contribution in [1.29, 1.82) is 0 Å². The van der Waals surface area contributed by atoms with Crippen molar-refractivity contribution in [1.82, 2.24) is 20.2 Å². The Morgan fingerprint density at radius 3 is 2.65 bits per heavy atom. The third-order valence-corrected chi connectivity index (χ3v) is 4.12. The van der Waals surface area contributed by atoms with E-state index in [4.69, 9.17) is 0 Å². The van der Waals surface area contributed by atoms with Crippen molar-refractivity contribution in [2.75, 3.05) is 13.1 Å². The highest BCUT2D eigenvalue weighted by atomic mass is 16.2. The molecule has 0 aliphatic carbocycles. The van der Waals surface area contributed by atoms with E-state index in [2.05, 4.69) is 29.5 Å². The average Bonchev–Trinajstić information content (AvgIpc) is 2.95. The van der Waals surface area contributed by atoms with Crippen LogP contribution >= 0.6 is 0 Å². The summed E-state index contributed by atoms with van der Waals surface area (Å²) < 4.78 is 1.98. The molecule has 0 bridgehead atoms. The zero-order valence-corrected chi connectivity index (χ0v) is 16.0. The van der Waals surface area contributed by atoms with Crippen molar-refractivity contribution in [3.63, 3.8) is 0 Å². The Hall–Kier alpha value is -2.37. The number of para-hydroxylation sites is 2. The quantitative estimate of drug-likeness (QED) is 0.641. The zero-order valence-electron chi connectivity index (χ0n) is 16.0. The fourth-order valence-corrected chi connectivity index (χ4v) is 2.80. The van der Waals surface area contributed by atoms with Crippen LogP contribution in [0.1, 0.15) is 45.9 Å². The predicted molar refractivity (Wildman–Crippen MR) is 104 cm³/mol. The molecule has 142 valence electrons. The first kappa shape index (κ1) is 19.9. The first-order valence-corrected chi connectivity index (χ1v) is 9.48. The normalized spacial score (nSPS) is 11.1. The van der Waals surface area contributed by atoms with Gasteiger partial charge in [-0.05, 0) is 30.9 Å². The van der Waals surface area contributed by atoms with E-state index < -0.39 is 0 Å². The van der Waals surface area contributed by atoms with Gasteiger partial charge in [-0.25, -0.2) is 4.98 Å². The molecule has 2 N–H and O–H groups in total. The van der Waals surface area contributed by atoms with Gasteiger partial charge in [0.05, 0.1) is 11.0 Å². The summed E-state index contributed by atoms with van der Waals surface area (Å²) in [5.41, 5.74) is 1.87. The Morgan fingerprint density at radius 2 is 1.92 bits per heavy atom. The second kappa shape index (κ2) is 9.94. The summed E-state index contributed by atoms with van der Waals surface area (Å²) in [5, 5.41) is 5.89. The first-order valence-electron chi connectivity index (χ1n) is 9.48. The van der Waals surface area contributed by atoms with Gasteiger partial charge in [0.2, 0.25) is 11.8 Å². The highest BCUT2D eigenvalue weighted by molar-refractivity contribution is 5.81. The van der Waals surface area contributed by atoms with E-state index in [1.54, 1.807) is 0 Å². The number of imidazole rings is 1. The van der Waals surface area contributed by atoms with Crippen molar-refractivity contribution in [3.8, 4) is 0 Å². The molecule has 0 saturated carbocycles. The maximum Gasteiger partial charge on any atom is 0.240 e. The van der Waals surface area contributed by atoms with Crippen LogP contribution in [0.5, 0.6) is 0 Å². The number of hydrogen-bond acceptors (Lipinski definition) is 3. The molecular formula is C20H30N4O2. The minimum atomic E-state index is -0.000600. The molecule has 0 atom stereocenters. The van der Waals surface area contributed by atoms with Gasteiger partial charge in [0.1, 0.15) is 12.4 Å². The number of fused-ring (bicyclic) bond motifs is 1. The standard InChI is InChI=1S/C20H30N4O2/c1-4-8-19(25)21-12-7-11-18-23-16-9-5-6-10-17(16)24(18)14-20(26)22-13-15(2)3/h5-6,9-10,15H,4,7-8,11-14H2,1-3H3,(H,21,25)(H,22,26). The summed E-state index contributed by atoms with van der Waals surface area (Å²) in [6, 6.07) is 7.86. The number of benzene rings is 1. The molecule has 0 aliphatic rings. The van der Waals surface area contributed by atoms with E-state index >= 15 is 0 Å². The predicted octanol–water partition coefficient (Wildman–Crippen LogP) is 2.66. The van der Waals surface area contributed by atoms with Gasteiger partial charge in [0.15, 0.2) is 0 Å². The Labute approximate surface area is 155 Å². The SMILES string of the molecule is CCCC(=O)NCCCc1nc2ccccc2n1CC(=O)NCC(C)C. The van der Waals surface area contributed by atoms with Crippen LogP contribution in [0.25, 0.3) is 11.0 Å². The van der Waals surface area contributed by atoms with E-state index in [-0.39, 0.29) is 18.4 Å². The topological polar surface area (TPSA) is 76.0 Å². The van der Waals surface area contributed by atoms with Crippen LogP contribution in [0.2, 0.25) is 0 Å². The number of nitrogens with zero attached hydrogens (tertiary/aromatic N) is 2. The molecule has 1 aromatic heterocycles. The maximum absolute atomic E-state index is 12.3. The fraction of sp³-hybridized carbons (Fsp3) is 0.550. The van der Waals surface area contributed by atoms with E-state index in [9.17, 15) is 9.59 Å². The molecular weight excluding hydrogens is 328 g/mol. The Kier molecular flexibility index (Phi) is 7.63. The van der Waals surface area contributed by atoms with Gasteiger partial charge in [0.25, 0.3) is 0 Å². The summed E-state index contributed by atoms with van der Waals surface area (Å²) in [5.74, 6) is 1.40. The largest absolute Gasteiger partial charge is 0.356 e. The summed E-state index contributed by atoms with van der Waals surface area (Å²) in [4.78, 5) is 28.5. The lowest BCUT2D eigenvalue weighted by Gasteiger charge is -2.11. The third kappa shape index (κ3) is 5.86. The van der Waals surface area contributed by atoms with Gasteiger partial charge in [-0.1, -0.05) is 32.9 Å². The highest BCUT2D eigenvalue weighted by Crippen LogP contribution is 2.17. The lowest BCUT2D eigenvalue weighted by Crippen LogP contribution is -2.31. The molecule has 0 spiro atoms. The fourth-order valence-electron chi connectivity index (χ4n) is 2.80. The Balaban J connectivity index is 2.03. The van der Waals surface area contributed by atoms with Crippen molar-refractivity contribution in [3.05, 3.63) is 30.1 Å². The van der Waals surface area contributed by atoms with Gasteiger partial charge in [-0.15, -0.1) is 0 Å². The molecule has 2 rings (SSSR count). The maximum atomic E-state index is 12.3. The van der Waals surface area contributed by atoms with Crippen molar-refractivity contribution >= 4 is 22.8 Å². The molecule has 0 aliphatic heterocycles. The summed E-state index contributed by atoms with van der Waals surface area (Å²) in [6.45, 7) is 7.71. The second-order valence-corrected chi connectivity index (χ2v) is 7.00. The number of aryl methyl sites for hydroxylation is 1. The Bertz CT molecular complexity index is 736. The molecule has 0 fully saturated rings. The number of amides is 2. The molecule has 2 amide bonds. The van der Waals surface area contributed by atoms with Gasteiger partial charge in [0, 0.05) is 25.9 Å². The second-order valence-electron chi connectivity index (χ2n) is 7.00. The zero-order chi connectivity index (χ0) is 18.9. The monoisotopic (exact) mass is 358 g/mol. The van der Waals surface area contributed by atoms with Gasteiger partial charge in [-0.3, -0.25) is 9.59 Å². The molecule has 1 aromatic carbocycles. The number of rotatable bonds is 10. The van der Waals surface area contributed by atoms with E-state index in [0.29, 0.717) is 25.4 Å². The van der Waals surface area contributed by atoms with Crippen LogP contribution < -0.4 is 10.6 Å². The van der Waals surface area contributed by atoms with Crippen LogP contribution in [0.15, 0.2) is 24.3 Å². The van der Waals surface area contributed by atoms with Crippen LogP contribution in [0.3, 0.4) is 0 Å².